The lowest BCUT2D eigenvalue weighted by Gasteiger charge is -2.27. The second-order valence-electron chi connectivity index (χ2n) is 4.61. The van der Waals surface area contributed by atoms with Gasteiger partial charge in [-0.1, -0.05) is 22.0 Å². The molecule has 0 radical (unpaired) electrons. The van der Waals surface area contributed by atoms with Crippen molar-refractivity contribution in [1.82, 2.24) is 10.2 Å². The molecule has 2 rings (SSSR count). The molecule has 114 valence electrons. The summed E-state index contributed by atoms with van der Waals surface area (Å²) in [5, 5.41) is 2.82. The summed E-state index contributed by atoms with van der Waals surface area (Å²) in [6.45, 7) is 3.80. The third-order valence-corrected chi connectivity index (χ3v) is 3.59. The minimum atomic E-state index is -0.114. The molecule has 1 aliphatic rings. The van der Waals surface area contributed by atoms with Crippen LogP contribution in [0.1, 0.15) is 10.4 Å². The van der Waals surface area contributed by atoms with Crippen molar-refractivity contribution >= 4 is 27.8 Å². The Morgan fingerprint density at radius 1 is 1.43 bits per heavy atom. The van der Waals surface area contributed by atoms with E-state index in [1.54, 1.807) is 12.1 Å². The van der Waals surface area contributed by atoms with E-state index in [0.717, 1.165) is 17.6 Å². The number of carbonyl (C=O) groups is 1. The largest absolute Gasteiger partial charge is 0.378 e. The number of aliphatic imine (C=N–C) groups is 1. The summed E-state index contributed by atoms with van der Waals surface area (Å²) in [5.74, 6) is 0.395. The Labute approximate surface area is 132 Å². The molecule has 0 aliphatic carbocycles. The average molecular weight is 355 g/mol. The number of benzene rings is 1. The molecule has 0 saturated carbocycles. The van der Waals surface area contributed by atoms with Gasteiger partial charge in [0, 0.05) is 29.7 Å². The zero-order chi connectivity index (χ0) is 15.1. The van der Waals surface area contributed by atoms with E-state index in [9.17, 15) is 4.79 Å². The van der Waals surface area contributed by atoms with Crippen LogP contribution in [0.4, 0.5) is 0 Å². The van der Waals surface area contributed by atoms with E-state index < -0.39 is 0 Å². The zero-order valence-electron chi connectivity index (χ0n) is 11.7. The number of nitrogens with two attached hydrogens (primary N) is 1. The molecule has 1 fully saturated rings. The maximum atomic E-state index is 11.9. The number of morpholine rings is 1. The van der Waals surface area contributed by atoms with Gasteiger partial charge in [-0.25, -0.2) is 0 Å². The summed E-state index contributed by atoms with van der Waals surface area (Å²) in [6, 6.07) is 7.25. The highest BCUT2D eigenvalue weighted by molar-refractivity contribution is 9.10. The van der Waals surface area contributed by atoms with Gasteiger partial charge >= 0.3 is 0 Å². The van der Waals surface area contributed by atoms with Gasteiger partial charge in [0.25, 0.3) is 5.91 Å². The summed E-state index contributed by atoms with van der Waals surface area (Å²) < 4.78 is 6.13. The van der Waals surface area contributed by atoms with Crippen LogP contribution in [0.3, 0.4) is 0 Å². The summed E-state index contributed by atoms with van der Waals surface area (Å²) in [7, 11) is 0. The first-order valence-corrected chi connectivity index (χ1v) is 7.62. The van der Waals surface area contributed by atoms with Crippen LogP contribution in [0.5, 0.6) is 0 Å². The Morgan fingerprint density at radius 3 is 2.90 bits per heavy atom. The quantitative estimate of drug-likeness (QED) is 0.476. The summed E-state index contributed by atoms with van der Waals surface area (Å²) in [5.41, 5.74) is 6.52. The summed E-state index contributed by atoms with van der Waals surface area (Å²) >= 11 is 3.34. The highest BCUT2D eigenvalue weighted by atomic mass is 79.9. The number of ether oxygens (including phenoxy) is 1. The van der Waals surface area contributed by atoms with Crippen LogP contribution in [0.15, 0.2) is 33.7 Å². The summed E-state index contributed by atoms with van der Waals surface area (Å²) in [4.78, 5) is 18.2. The van der Waals surface area contributed by atoms with E-state index in [1.165, 1.54) is 0 Å². The third kappa shape index (κ3) is 5.02. The summed E-state index contributed by atoms with van der Waals surface area (Å²) in [6.07, 6.45) is 0. The minimum Gasteiger partial charge on any atom is -0.378 e. The van der Waals surface area contributed by atoms with Crippen molar-refractivity contribution < 1.29 is 9.53 Å². The molecule has 1 aromatic carbocycles. The zero-order valence-corrected chi connectivity index (χ0v) is 13.3. The van der Waals surface area contributed by atoms with Crippen molar-refractivity contribution in [2.75, 3.05) is 39.4 Å². The van der Waals surface area contributed by atoms with E-state index in [2.05, 4.69) is 26.2 Å². The Morgan fingerprint density at radius 2 is 2.19 bits per heavy atom. The van der Waals surface area contributed by atoms with Crippen LogP contribution < -0.4 is 11.1 Å². The van der Waals surface area contributed by atoms with Gasteiger partial charge < -0.3 is 20.7 Å². The normalized spacial score (nSPS) is 15.9. The molecule has 21 heavy (non-hydrogen) atoms. The molecular formula is C14H19BrN4O2. The molecule has 0 spiro atoms. The number of hydrogen-bond acceptors (Lipinski definition) is 3. The SMILES string of the molecule is NC(=NCCNC(=O)c1cccc(Br)c1)N1CCOCC1. The standard InChI is InChI=1S/C14H19BrN4O2/c15-12-3-1-2-11(10-12)13(20)17-4-5-18-14(16)19-6-8-21-9-7-19/h1-3,10H,4-9H2,(H2,16,18)(H,17,20). The highest BCUT2D eigenvalue weighted by Gasteiger charge is 2.11. The molecule has 0 bridgehead atoms. The Balaban J connectivity index is 1.74. The lowest BCUT2D eigenvalue weighted by atomic mass is 10.2. The smallest absolute Gasteiger partial charge is 0.251 e. The predicted octanol–water partition coefficient (Wildman–Crippen LogP) is 0.826. The molecule has 0 atom stereocenters. The fraction of sp³-hybridized carbons (Fsp3) is 0.429. The second kappa shape index (κ2) is 7.99. The van der Waals surface area contributed by atoms with Crippen molar-refractivity contribution in [2.24, 2.45) is 10.7 Å². The van der Waals surface area contributed by atoms with E-state index in [0.29, 0.717) is 37.8 Å². The van der Waals surface area contributed by atoms with E-state index in [4.69, 9.17) is 10.5 Å². The number of rotatable bonds is 4. The third-order valence-electron chi connectivity index (χ3n) is 3.09. The van der Waals surface area contributed by atoms with Crippen molar-refractivity contribution in [3.05, 3.63) is 34.3 Å². The molecule has 1 heterocycles. The van der Waals surface area contributed by atoms with Crippen molar-refractivity contribution in [1.29, 1.82) is 0 Å². The lowest BCUT2D eigenvalue weighted by molar-refractivity contribution is 0.0674. The first-order valence-electron chi connectivity index (χ1n) is 6.83. The molecule has 7 heteroatoms. The van der Waals surface area contributed by atoms with Crippen LogP contribution in [-0.4, -0.2) is 56.2 Å². The average Bonchev–Trinajstić information content (AvgIpc) is 2.52. The number of nitrogens with zero attached hydrogens (tertiary/aromatic N) is 2. The molecule has 6 nitrogen and oxygen atoms in total. The number of carbonyl (C=O) groups excluding carboxylic acids is 1. The number of guanidine groups is 1. The molecule has 1 amide bonds. The predicted molar refractivity (Wildman–Crippen MR) is 85.4 cm³/mol. The van der Waals surface area contributed by atoms with Gasteiger partial charge in [-0.3, -0.25) is 9.79 Å². The van der Waals surface area contributed by atoms with Gasteiger partial charge in [0.05, 0.1) is 19.8 Å². The van der Waals surface area contributed by atoms with Crippen molar-refractivity contribution in [3.8, 4) is 0 Å². The number of hydrogen-bond donors (Lipinski definition) is 2. The van der Waals surface area contributed by atoms with Gasteiger partial charge in [0.1, 0.15) is 0 Å². The van der Waals surface area contributed by atoms with E-state index in [-0.39, 0.29) is 5.91 Å². The fourth-order valence-corrected chi connectivity index (χ4v) is 2.36. The van der Waals surface area contributed by atoms with Crippen LogP contribution in [0.2, 0.25) is 0 Å². The molecule has 3 N–H and O–H groups in total. The number of amides is 1. The van der Waals surface area contributed by atoms with Crippen LogP contribution in [0.25, 0.3) is 0 Å². The van der Waals surface area contributed by atoms with Gasteiger partial charge in [0.15, 0.2) is 5.96 Å². The first kappa shape index (κ1) is 15.8. The molecule has 0 unspecified atom stereocenters. The second-order valence-corrected chi connectivity index (χ2v) is 5.52. The Hall–Kier alpha value is -1.60. The molecule has 0 aromatic heterocycles. The topological polar surface area (TPSA) is 79.9 Å². The molecular weight excluding hydrogens is 336 g/mol. The minimum absolute atomic E-state index is 0.114. The Kier molecular flexibility index (Phi) is 6.01. The maximum absolute atomic E-state index is 11.9. The van der Waals surface area contributed by atoms with E-state index in [1.807, 2.05) is 17.0 Å². The first-order chi connectivity index (χ1) is 10.2. The lowest BCUT2D eigenvalue weighted by Crippen LogP contribution is -2.45. The fourth-order valence-electron chi connectivity index (χ4n) is 1.96. The number of halogens is 1. The maximum Gasteiger partial charge on any atom is 0.251 e. The monoisotopic (exact) mass is 354 g/mol. The van der Waals surface area contributed by atoms with Crippen LogP contribution in [0, 0.1) is 0 Å². The van der Waals surface area contributed by atoms with Crippen molar-refractivity contribution in [2.45, 2.75) is 0 Å². The molecule has 1 saturated heterocycles. The van der Waals surface area contributed by atoms with Crippen LogP contribution in [-0.2, 0) is 4.74 Å². The van der Waals surface area contributed by atoms with Gasteiger partial charge in [0.2, 0.25) is 0 Å². The van der Waals surface area contributed by atoms with Gasteiger partial charge in [-0.15, -0.1) is 0 Å². The van der Waals surface area contributed by atoms with E-state index >= 15 is 0 Å². The van der Waals surface area contributed by atoms with Crippen LogP contribution >= 0.6 is 15.9 Å². The van der Waals surface area contributed by atoms with Gasteiger partial charge in [-0.05, 0) is 18.2 Å². The highest BCUT2D eigenvalue weighted by Crippen LogP contribution is 2.11. The molecule has 1 aliphatic heterocycles. The number of nitrogens with one attached hydrogen (secondary N) is 1. The Bertz CT molecular complexity index is 515. The van der Waals surface area contributed by atoms with Crippen molar-refractivity contribution in [3.63, 3.8) is 0 Å². The molecule has 1 aromatic rings. The van der Waals surface area contributed by atoms with Gasteiger partial charge in [-0.2, -0.15) is 0 Å².